The molecular weight excluding hydrogens is 532 g/mol. The van der Waals surface area contributed by atoms with E-state index in [1.54, 1.807) is 0 Å². The normalized spacial score (nSPS) is 20.1. The molecule has 3 unspecified atom stereocenters. The topological polar surface area (TPSA) is 107 Å². The number of benzene rings is 2. The Morgan fingerprint density at radius 3 is 2.17 bits per heavy atom. The summed E-state index contributed by atoms with van der Waals surface area (Å²) < 4.78 is 5.99. The Balaban J connectivity index is 1.66. The molecule has 2 amide bonds. The average molecular weight is 555 g/mol. The predicted molar refractivity (Wildman–Crippen MR) is 136 cm³/mol. The van der Waals surface area contributed by atoms with Crippen molar-refractivity contribution in [2.45, 2.75) is 11.5 Å². The number of carbonyl (C=O) groups excluding carboxylic acids is 4. The van der Waals surface area contributed by atoms with E-state index in [-0.39, 0.29) is 11.0 Å². The van der Waals surface area contributed by atoms with E-state index in [4.69, 9.17) is 10.5 Å². The fourth-order valence-electron chi connectivity index (χ4n) is 4.36. The molecule has 0 aliphatic carbocycles. The summed E-state index contributed by atoms with van der Waals surface area (Å²) in [4.78, 5) is 52.5. The summed E-state index contributed by atoms with van der Waals surface area (Å²) in [5.41, 5.74) is 7.65. The summed E-state index contributed by atoms with van der Waals surface area (Å²) in [6.45, 7) is 3.79. The highest BCUT2D eigenvalue weighted by atomic mass is 79.9. The molecule has 0 radical (unpaired) electrons. The third kappa shape index (κ3) is 4.70. The van der Waals surface area contributed by atoms with Crippen LogP contribution in [0.4, 0.5) is 0 Å². The van der Waals surface area contributed by atoms with Gasteiger partial charge in [-0.15, -0.1) is 11.8 Å². The van der Waals surface area contributed by atoms with Crippen LogP contribution in [-0.4, -0.2) is 44.9 Å². The lowest BCUT2D eigenvalue weighted by molar-refractivity contribution is -0.161. The Morgan fingerprint density at radius 2 is 1.69 bits per heavy atom. The molecule has 180 valence electrons. The van der Waals surface area contributed by atoms with Gasteiger partial charge in [-0.25, -0.2) is 4.79 Å². The highest BCUT2D eigenvalue weighted by Crippen LogP contribution is 2.47. The van der Waals surface area contributed by atoms with Crippen LogP contribution in [0, 0.1) is 11.8 Å². The van der Waals surface area contributed by atoms with Gasteiger partial charge in [0, 0.05) is 5.75 Å². The van der Waals surface area contributed by atoms with Crippen molar-refractivity contribution in [3.8, 4) is 0 Å². The van der Waals surface area contributed by atoms with Gasteiger partial charge in [-0.1, -0.05) is 89.2 Å². The first-order valence-corrected chi connectivity index (χ1v) is 13.0. The number of carbonyl (C=O) groups is 4. The molecule has 2 aromatic carbocycles. The molecule has 3 atom stereocenters. The highest BCUT2D eigenvalue weighted by molar-refractivity contribution is 9.09. The van der Waals surface area contributed by atoms with Gasteiger partial charge < -0.3 is 10.5 Å². The van der Waals surface area contributed by atoms with Crippen LogP contribution in [0.5, 0.6) is 0 Å². The van der Waals surface area contributed by atoms with Gasteiger partial charge in [0.1, 0.15) is 11.6 Å². The Kier molecular flexibility index (Phi) is 7.57. The highest BCUT2D eigenvalue weighted by Gasteiger charge is 2.59. The summed E-state index contributed by atoms with van der Waals surface area (Å²) in [6.07, 6.45) is 0.826. The molecule has 0 saturated carbocycles. The number of hydrogen-bond donors (Lipinski definition) is 1. The van der Waals surface area contributed by atoms with Crippen LogP contribution in [0.2, 0.25) is 0 Å². The van der Waals surface area contributed by atoms with Crippen molar-refractivity contribution in [3.05, 3.63) is 95.7 Å². The van der Waals surface area contributed by atoms with E-state index < -0.39 is 46.9 Å². The second-order valence-corrected chi connectivity index (χ2v) is 9.77. The zero-order valence-electron chi connectivity index (χ0n) is 18.6. The zero-order chi connectivity index (χ0) is 25.1. The maximum atomic E-state index is 13.6. The number of esters is 1. The molecule has 2 aliphatic rings. The molecule has 2 N–H and O–H groups in total. The number of nitrogens with zero attached hydrogens (tertiary/aromatic N) is 1. The maximum Gasteiger partial charge on any atom is 0.356 e. The quantitative estimate of drug-likeness (QED) is 0.220. The van der Waals surface area contributed by atoms with Crippen molar-refractivity contribution in [2.24, 2.45) is 17.6 Å². The van der Waals surface area contributed by atoms with Gasteiger partial charge in [0.15, 0.2) is 11.9 Å². The van der Waals surface area contributed by atoms with E-state index in [1.807, 2.05) is 60.7 Å². The average Bonchev–Trinajstić information content (AvgIpc) is 2.89. The number of primary amides is 1. The molecule has 0 spiro atoms. The van der Waals surface area contributed by atoms with E-state index in [9.17, 15) is 19.2 Å². The van der Waals surface area contributed by atoms with Crippen LogP contribution in [0.25, 0.3) is 0 Å². The van der Waals surface area contributed by atoms with Gasteiger partial charge in [0.2, 0.25) is 11.8 Å². The summed E-state index contributed by atoms with van der Waals surface area (Å²) in [5, 5.41) is -0.679. The number of hydrogen-bond acceptors (Lipinski definition) is 6. The summed E-state index contributed by atoms with van der Waals surface area (Å²) in [6, 6.07) is 18.6. The molecule has 1 fully saturated rings. The number of halogens is 1. The fourth-order valence-corrected chi connectivity index (χ4v) is 6.15. The van der Waals surface area contributed by atoms with Crippen LogP contribution in [-0.2, 0) is 23.9 Å². The molecule has 2 heterocycles. The minimum absolute atomic E-state index is 0.0800. The van der Waals surface area contributed by atoms with Gasteiger partial charge in [-0.2, -0.15) is 0 Å². The van der Waals surface area contributed by atoms with Crippen molar-refractivity contribution in [3.63, 3.8) is 0 Å². The largest absolute Gasteiger partial charge is 0.448 e. The molecule has 2 aliphatic heterocycles. The Morgan fingerprint density at radius 1 is 1.11 bits per heavy atom. The molecule has 0 aromatic heterocycles. The summed E-state index contributed by atoms with van der Waals surface area (Å²) in [5.74, 6) is -4.35. The standard InChI is InChI=1S/C26H23BrN2O5S/c1-2-15-14-35-25-20(19(23(28)31)18(30)13-27)24(32)29(25)21(15)26(33)34-22(16-9-5-3-6-10-16)17-11-7-4-8-12-17/h2-12,19-20,22,25H,1,13-14H2,(H2,28,31). The lowest BCUT2D eigenvalue weighted by atomic mass is 9.80. The van der Waals surface area contributed by atoms with Crippen molar-refractivity contribution < 1.29 is 23.9 Å². The molecule has 0 bridgehead atoms. The maximum absolute atomic E-state index is 13.6. The molecule has 9 heteroatoms. The van der Waals surface area contributed by atoms with Gasteiger partial charge in [-0.05, 0) is 16.7 Å². The number of rotatable bonds is 9. The molecule has 1 saturated heterocycles. The monoisotopic (exact) mass is 554 g/mol. The third-order valence-corrected chi connectivity index (χ3v) is 7.93. The lowest BCUT2D eigenvalue weighted by Crippen LogP contribution is -2.66. The number of fused-ring (bicyclic) bond motifs is 1. The number of ketones is 1. The van der Waals surface area contributed by atoms with Crippen LogP contribution in [0.15, 0.2) is 84.6 Å². The molecular formula is C26H23BrN2O5S. The second-order valence-electron chi connectivity index (χ2n) is 8.10. The first kappa shape index (κ1) is 24.9. The van der Waals surface area contributed by atoms with E-state index in [0.717, 1.165) is 11.1 Å². The third-order valence-electron chi connectivity index (χ3n) is 6.05. The van der Waals surface area contributed by atoms with Crippen molar-refractivity contribution in [1.29, 1.82) is 0 Å². The zero-order valence-corrected chi connectivity index (χ0v) is 21.0. The minimum Gasteiger partial charge on any atom is -0.448 e. The van der Waals surface area contributed by atoms with Crippen molar-refractivity contribution in [1.82, 2.24) is 4.90 Å². The first-order valence-electron chi connectivity index (χ1n) is 10.9. The number of allylic oxidation sites excluding steroid dienone is 1. The first-order chi connectivity index (χ1) is 16.9. The summed E-state index contributed by atoms with van der Waals surface area (Å²) >= 11 is 4.41. The number of Topliss-reactive ketones (excluding diaryl/α,β-unsaturated/α-hetero) is 1. The van der Waals surface area contributed by atoms with Crippen LogP contribution in [0.3, 0.4) is 0 Å². The van der Waals surface area contributed by atoms with Crippen molar-refractivity contribution >= 4 is 51.3 Å². The molecule has 35 heavy (non-hydrogen) atoms. The van der Waals surface area contributed by atoms with Gasteiger partial charge in [0.05, 0.1) is 16.6 Å². The van der Waals surface area contributed by atoms with E-state index in [2.05, 4.69) is 22.5 Å². The van der Waals surface area contributed by atoms with Crippen molar-refractivity contribution in [2.75, 3.05) is 11.1 Å². The van der Waals surface area contributed by atoms with Crippen LogP contribution < -0.4 is 5.73 Å². The van der Waals surface area contributed by atoms with Gasteiger partial charge in [0.25, 0.3) is 0 Å². The number of ether oxygens (including phenoxy) is 1. The SMILES string of the molecule is C=CC1=C(C(=O)OC(c2ccccc2)c2ccccc2)N2C(=O)C(C(C(N)=O)C(=O)CBr)C2SC1. The second kappa shape index (κ2) is 10.6. The van der Waals surface area contributed by atoms with E-state index in [1.165, 1.54) is 22.7 Å². The minimum atomic E-state index is -1.26. The smallest absolute Gasteiger partial charge is 0.356 e. The predicted octanol–water partition coefficient (Wildman–Crippen LogP) is 3.36. The van der Waals surface area contributed by atoms with E-state index in [0.29, 0.717) is 11.3 Å². The number of amides is 2. The number of β-lactam (4-membered cyclic amide) rings is 1. The fraction of sp³-hybridized carbons (Fsp3) is 0.231. The Labute approximate surface area is 215 Å². The van der Waals surface area contributed by atoms with Gasteiger partial charge in [-0.3, -0.25) is 19.3 Å². The Bertz CT molecular complexity index is 1160. The number of alkyl halides is 1. The molecule has 4 rings (SSSR count). The molecule has 2 aromatic rings. The summed E-state index contributed by atoms with van der Waals surface area (Å²) in [7, 11) is 0. The lowest BCUT2D eigenvalue weighted by Gasteiger charge is -2.51. The van der Waals surface area contributed by atoms with Crippen LogP contribution in [0.1, 0.15) is 17.2 Å². The number of thioether (sulfide) groups is 1. The van der Waals surface area contributed by atoms with Gasteiger partial charge >= 0.3 is 5.97 Å². The number of nitrogens with two attached hydrogens (primary N) is 1. The van der Waals surface area contributed by atoms with Crippen LogP contribution >= 0.6 is 27.7 Å². The van der Waals surface area contributed by atoms with E-state index >= 15 is 0 Å². The molecule has 7 nitrogen and oxygen atoms in total. The Hall–Kier alpha value is -3.17.